The second kappa shape index (κ2) is 14.3. The Morgan fingerprint density at radius 1 is 1.06 bits per heavy atom. The van der Waals surface area contributed by atoms with Crippen molar-refractivity contribution >= 4 is 35.1 Å². The second-order valence-corrected chi connectivity index (χ2v) is 16.3. The van der Waals surface area contributed by atoms with Crippen LogP contribution in [0.2, 0.25) is 0 Å². The number of fused-ring (bicyclic) bond motifs is 1. The summed E-state index contributed by atoms with van der Waals surface area (Å²) in [5.41, 5.74) is 4.29. The number of piperidine rings is 1. The van der Waals surface area contributed by atoms with E-state index in [-0.39, 0.29) is 48.8 Å². The van der Waals surface area contributed by atoms with Crippen molar-refractivity contribution in [3.8, 4) is 10.4 Å². The molecule has 0 bridgehead atoms. The smallest absolute Gasteiger partial charge is 0.410 e. The molecule has 3 aliphatic rings. The van der Waals surface area contributed by atoms with Crippen LogP contribution in [0.1, 0.15) is 83.4 Å². The van der Waals surface area contributed by atoms with Crippen LogP contribution in [0.4, 0.5) is 10.6 Å². The average molecular weight is 707 g/mol. The molecule has 2 N–H and O–H groups in total. The Labute approximate surface area is 298 Å². The summed E-state index contributed by atoms with van der Waals surface area (Å²) in [6, 6.07) is 8.78. The highest BCUT2D eigenvalue weighted by atomic mass is 32.1. The molecule has 50 heavy (non-hydrogen) atoms. The molecule has 6 rings (SSSR count). The number of aliphatic hydroxyl groups is 1. The lowest BCUT2D eigenvalue weighted by Gasteiger charge is -2.35. The van der Waals surface area contributed by atoms with Crippen LogP contribution in [0.15, 0.2) is 40.4 Å². The molecule has 12 nitrogen and oxygen atoms in total. The van der Waals surface area contributed by atoms with Crippen LogP contribution < -0.4 is 10.2 Å². The summed E-state index contributed by atoms with van der Waals surface area (Å²) >= 11 is 1.59. The normalized spacial score (nSPS) is 23.6. The van der Waals surface area contributed by atoms with E-state index in [1.165, 1.54) is 4.90 Å². The van der Waals surface area contributed by atoms with Crippen molar-refractivity contribution in [2.75, 3.05) is 37.6 Å². The third-order valence-corrected chi connectivity index (χ3v) is 11.2. The summed E-state index contributed by atoms with van der Waals surface area (Å²) in [5.74, 6) is 0.424. The maximum atomic E-state index is 14.2. The first kappa shape index (κ1) is 35.8. The standard InChI is InChI=1S/C37H50N6O6S/c1-21(2)32(30-15-31(40-49-30)42-16-26-12-13-41(17-27(26)18-42)36(47)48-37(5,6)7)35(46)43-19-28(44)14-29(43)34(45)39-22(3)24-8-10-25(11-9-24)33-23(4)38-20-50-33/h8-11,15,20-22,26-29,32,44H,12-14,16-19H2,1-7H3,(H,39,45)/t22-,26-,27+,28+,29-,32+/m0/s1. The zero-order valence-corrected chi connectivity index (χ0v) is 30.9. The molecule has 3 amide bonds. The molecule has 2 aromatic heterocycles. The number of aromatic nitrogens is 2. The van der Waals surface area contributed by atoms with Gasteiger partial charge in [-0.1, -0.05) is 43.3 Å². The van der Waals surface area contributed by atoms with Crippen LogP contribution in [0.3, 0.4) is 0 Å². The number of amides is 3. The highest BCUT2D eigenvalue weighted by molar-refractivity contribution is 7.13. The Morgan fingerprint density at radius 3 is 2.44 bits per heavy atom. The number of nitrogens with zero attached hydrogens (tertiary/aromatic N) is 5. The van der Waals surface area contributed by atoms with Crippen LogP contribution in [0.5, 0.6) is 0 Å². The zero-order chi connectivity index (χ0) is 35.9. The fourth-order valence-electron chi connectivity index (χ4n) is 7.54. The Bertz CT molecular complexity index is 1680. The number of benzene rings is 1. The van der Waals surface area contributed by atoms with E-state index >= 15 is 0 Å². The molecule has 0 aliphatic carbocycles. The molecule has 3 fully saturated rings. The average Bonchev–Trinajstić information content (AvgIpc) is 3.86. The molecule has 3 saturated heterocycles. The fraction of sp³-hybridized carbons (Fsp3) is 0.595. The Hall–Kier alpha value is -3.97. The van der Waals surface area contributed by atoms with Crippen molar-refractivity contribution in [3.63, 3.8) is 0 Å². The number of thiazole rings is 1. The van der Waals surface area contributed by atoms with E-state index in [1.807, 2.05) is 84.3 Å². The molecular weight excluding hydrogens is 657 g/mol. The van der Waals surface area contributed by atoms with E-state index in [0.717, 1.165) is 41.2 Å². The van der Waals surface area contributed by atoms with Crippen LogP contribution in [-0.2, 0) is 14.3 Å². The molecule has 0 radical (unpaired) electrons. The number of ether oxygens (including phenoxy) is 1. The number of carbonyl (C=O) groups excluding carboxylic acids is 3. The molecule has 3 aromatic rings. The third-order valence-electron chi connectivity index (χ3n) is 10.2. The molecule has 3 aliphatic heterocycles. The molecule has 13 heteroatoms. The minimum atomic E-state index is -0.808. The Balaban J connectivity index is 1.10. The van der Waals surface area contributed by atoms with Crippen molar-refractivity contribution < 1.29 is 28.8 Å². The lowest BCUT2D eigenvalue weighted by Crippen LogP contribution is -2.48. The maximum absolute atomic E-state index is 14.2. The van der Waals surface area contributed by atoms with Gasteiger partial charge in [-0.15, -0.1) is 11.3 Å². The summed E-state index contributed by atoms with van der Waals surface area (Å²) in [7, 11) is 0. The highest BCUT2D eigenvalue weighted by Gasteiger charge is 2.44. The van der Waals surface area contributed by atoms with Crippen molar-refractivity contribution in [2.45, 2.75) is 91.0 Å². The summed E-state index contributed by atoms with van der Waals surface area (Å²) in [6.07, 6.45) is -0.0354. The third kappa shape index (κ3) is 7.68. The van der Waals surface area contributed by atoms with Crippen LogP contribution >= 0.6 is 11.3 Å². The van der Waals surface area contributed by atoms with Crippen LogP contribution in [0.25, 0.3) is 10.4 Å². The largest absolute Gasteiger partial charge is 0.444 e. The van der Waals surface area contributed by atoms with Gasteiger partial charge in [0, 0.05) is 45.2 Å². The topological polar surface area (TPSA) is 141 Å². The first-order chi connectivity index (χ1) is 23.7. The van der Waals surface area contributed by atoms with Gasteiger partial charge in [0.15, 0.2) is 11.6 Å². The van der Waals surface area contributed by atoms with Crippen molar-refractivity contribution in [1.29, 1.82) is 0 Å². The fourth-order valence-corrected chi connectivity index (χ4v) is 8.35. The number of likely N-dealkylation sites (tertiary alicyclic amines) is 2. The number of aliphatic hydroxyl groups excluding tert-OH is 1. The maximum Gasteiger partial charge on any atom is 0.410 e. The number of hydrogen-bond acceptors (Lipinski definition) is 10. The predicted molar refractivity (Wildman–Crippen MR) is 191 cm³/mol. The zero-order valence-electron chi connectivity index (χ0n) is 30.1. The molecular formula is C37H50N6O6S. The first-order valence-electron chi connectivity index (χ1n) is 17.7. The molecule has 0 saturated carbocycles. The van der Waals surface area contributed by atoms with E-state index in [9.17, 15) is 19.5 Å². The second-order valence-electron chi connectivity index (χ2n) is 15.5. The molecule has 0 spiro atoms. The first-order valence-corrected chi connectivity index (χ1v) is 18.5. The minimum Gasteiger partial charge on any atom is -0.444 e. The van der Waals surface area contributed by atoms with E-state index in [2.05, 4.69) is 20.4 Å². The number of anilines is 1. The summed E-state index contributed by atoms with van der Waals surface area (Å²) in [5, 5.41) is 18.1. The van der Waals surface area contributed by atoms with Gasteiger partial charge in [0.2, 0.25) is 11.8 Å². The van der Waals surface area contributed by atoms with Gasteiger partial charge >= 0.3 is 6.09 Å². The van der Waals surface area contributed by atoms with E-state index in [0.29, 0.717) is 30.6 Å². The van der Waals surface area contributed by atoms with Gasteiger partial charge in [-0.3, -0.25) is 9.59 Å². The number of carbonyl (C=O) groups is 3. The molecule has 5 heterocycles. The number of nitrogens with one attached hydrogen (secondary N) is 1. The van der Waals surface area contributed by atoms with E-state index in [4.69, 9.17) is 9.26 Å². The van der Waals surface area contributed by atoms with Gasteiger partial charge in [-0.05, 0) is 69.9 Å². The van der Waals surface area contributed by atoms with Gasteiger partial charge < -0.3 is 34.4 Å². The lowest BCUT2D eigenvalue weighted by atomic mass is 9.89. The van der Waals surface area contributed by atoms with Crippen LogP contribution in [0, 0.1) is 24.7 Å². The minimum absolute atomic E-state index is 0.0715. The predicted octanol–water partition coefficient (Wildman–Crippen LogP) is 5.38. The summed E-state index contributed by atoms with van der Waals surface area (Å²) in [6.45, 7) is 16.3. The summed E-state index contributed by atoms with van der Waals surface area (Å²) in [4.78, 5) is 51.5. The van der Waals surface area contributed by atoms with Gasteiger partial charge in [-0.25, -0.2) is 9.78 Å². The number of hydrogen-bond donors (Lipinski definition) is 2. The van der Waals surface area contributed by atoms with E-state index < -0.39 is 23.7 Å². The molecule has 270 valence electrons. The highest BCUT2D eigenvalue weighted by Crippen LogP contribution is 2.37. The van der Waals surface area contributed by atoms with Gasteiger partial charge in [0.25, 0.3) is 0 Å². The van der Waals surface area contributed by atoms with Gasteiger partial charge in [0.1, 0.15) is 17.6 Å². The molecule has 6 atom stereocenters. The van der Waals surface area contributed by atoms with Crippen molar-refractivity contribution in [1.82, 2.24) is 25.3 Å². The number of aryl methyl sites for hydroxylation is 1. The lowest BCUT2D eigenvalue weighted by molar-refractivity contribution is -0.141. The quantitative estimate of drug-likeness (QED) is 0.316. The monoisotopic (exact) mass is 706 g/mol. The number of β-amino-alcohol motifs (C(OH)–C–C–N with tert-alkyl or cyclic N) is 1. The SMILES string of the molecule is Cc1ncsc1-c1ccc([C@H](C)NC(=O)[C@@H]2C[C@@H](O)CN2C(=O)[C@@H](c2cc(N3C[C@H]4CN(C(=O)OC(C)(C)C)CC[C@H]4C3)no2)C(C)C)cc1. The van der Waals surface area contributed by atoms with Crippen molar-refractivity contribution in [2.24, 2.45) is 17.8 Å². The van der Waals surface area contributed by atoms with Gasteiger partial charge in [0.05, 0.1) is 28.2 Å². The van der Waals surface area contributed by atoms with Crippen molar-refractivity contribution in [3.05, 3.63) is 52.9 Å². The van der Waals surface area contributed by atoms with E-state index in [1.54, 1.807) is 16.2 Å². The number of rotatable bonds is 8. The Kier molecular flexibility index (Phi) is 10.3. The summed E-state index contributed by atoms with van der Waals surface area (Å²) < 4.78 is 11.5. The molecule has 1 aromatic carbocycles. The van der Waals surface area contributed by atoms with Crippen LogP contribution in [-0.4, -0.2) is 93.4 Å². The molecule has 0 unspecified atom stereocenters. The van der Waals surface area contributed by atoms with Gasteiger partial charge in [-0.2, -0.15) is 0 Å². The Morgan fingerprint density at radius 2 is 1.78 bits per heavy atom.